The van der Waals surface area contributed by atoms with Gasteiger partial charge in [-0.1, -0.05) is 13.8 Å². The Morgan fingerprint density at radius 2 is 2.45 bits per heavy atom. The zero-order valence-electron chi connectivity index (χ0n) is 7.33. The molecule has 0 aromatic rings. The third-order valence-corrected chi connectivity index (χ3v) is 2.30. The Morgan fingerprint density at radius 3 is 2.91 bits per heavy atom. The first kappa shape index (κ1) is 8.91. The van der Waals surface area contributed by atoms with Crippen molar-refractivity contribution in [1.82, 2.24) is 0 Å². The molecule has 64 valence electrons. The van der Waals surface area contributed by atoms with E-state index in [0.29, 0.717) is 12.0 Å². The van der Waals surface area contributed by atoms with Crippen molar-refractivity contribution in [3.8, 4) is 0 Å². The molecule has 1 aliphatic heterocycles. The standard InChI is InChI=1S/C8H15NOS/c1-6(2)7-4-10-8(9-7)5-11-3/h6-7H,4-5H2,1-3H3. The summed E-state index contributed by atoms with van der Waals surface area (Å²) in [5.41, 5.74) is 0. The minimum atomic E-state index is 0.400. The number of rotatable bonds is 3. The first-order valence-corrected chi connectivity index (χ1v) is 5.32. The number of thioether (sulfide) groups is 1. The van der Waals surface area contributed by atoms with Crippen LogP contribution in [-0.2, 0) is 4.74 Å². The van der Waals surface area contributed by atoms with Crippen molar-refractivity contribution in [3.63, 3.8) is 0 Å². The fourth-order valence-electron chi connectivity index (χ4n) is 0.985. The summed E-state index contributed by atoms with van der Waals surface area (Å²) < 4.78 is 5.40. The van der Waals surface area contributed by atoms with Crippen LogP contribution in [-0.4, -0.2) is 30.6 Å². The van der Waals surface area contributed by atoms with Crippen molar-refractivity contribution < 1.29 is 4.74 Å². The Labute approximate surface area is 72.4 Å². The van der Waals surface area contributed by atoms with Gasteiger partial charge in [0.1, 0.15) is 6.61 Å². The molecule has 0 saturated carbocycles. The lowest BCUT2D eigenvalue weighted by molar-refractivity contribution is 0.290. The molecule has 0 radical (unpaired) electrons. The van der Waals surface area contributed by atoms with E-state index < -0.39 is 0 Å². The normalized spacial score (nSPS) is 23.6. The molecule has 1 aliphatic rings. The molecule has 0 bridgehead atoms. The number of ether oxygens (including phenoxy) is 1. The maximum Gasteiger partial charge on any atom is 0.193 e. The van der Waals surface area contributed by atoms with E-state index in [4.69, 9.17) is 4.74 Å². The average Bonchev–Trinajstić information content (AvgIpc) is 2.37. The molecule has 0 saturated heterocycles. The second kappa shape index (κ2) is 4.00. The Hall–Kier alpha value is -0.180. The van der Waals surface area contributed by atoms with Crippen LogP contribution in [0.25, 0.3) is 0 Å². The largest absolute Gasteiger partial charge is 0.478 e. The molecule has 0 aliphatic carbocycles. The van der Waals surface area contributed by atoms with Crippen LogP contribution in [0.15, 0.2) is 4.99 Å². The molecule has 1 rings (SSSR count). The van der Waals surface area contributed by atoms with Crippen LogP contribution in [0.4, 0.5) is 0 Å². The fourth-order valence-corrected chi connectivity index (χ4v) is 1.39. The predicted octanol–water partition coefficient (Wildman–Crippen LogP) is 1.80. The van der Waals surface area contributed by atoms with Gasteiger partial charge < -0.3 is 4.74 Å². The number of hydrogen-bond acceptors (Lipinski definition) is 3. The Kier molecular flexibility index (Phi) is 3.24. The molecular weight excluding hydrogens is 158 g/mol. The summed E-state index contributed by atoms with van der Waals surface area (Å²) in [6, 6.07) is 0.400. The summed E-state index contributed by atoms with van der Waals surface area (Å²) in [4.78, 5) is 4.45. The third kappa shape index (κ3) is 2.40. The highest BCUT2D eigenvalue weighted by Crippen LogP contribution is 2.14. The molecule has 0 fully saturated rings. The van der Waals surface area contributed by atoms with E-state index in [0.717, 1.165) is 18.3 Å². The van der Waals surface area contributed by atoms with Crippen molar-refractivity contribution in [3.05, 3.63) is 0 Å². The minimum absolute atomic E-state index is 0.400. The molecule has 0 aromatic carbocycles. The highest BCUT2D eigenvalue weighted by molar-refractivity contribution is 7.99. The van der Waals surface area contributed by atoms with Gasteiger partial charge in [-0.25, -0.2) is 4.99 Å². The predicted molar refractivity (Wildman–Crippen MR) is 50.4 cm³/mol. The van der Waals surface area contributed by atoms with E-state index in [1.807, 2.05) is 0 Å². The van der Waals surface area contributed by atoms with Gasteiger partial charge in [0.25, 0.3) is 0 Å². The molecule has 0 aromatic heterocycles. The van der Waals surface area contributed by atoms with E-state index in [9.17, 15) is 0 Å². The molecule has 2 nitrogen and oxygen atoms in total. The molecule has 11 heavy (non-hydrogen) atoms. The second-order valence-corrected chi connectivity index (χ2v) is 3.94. The van der Waals surface area contributed by atoms with Gasteiger partial charge in [-0.2, -0.15) is 11.8 Å². The average molecular weight is 173 g/mol. The van der Waals surface area contributed by atoms with E-state index in [-0.39, 0.29) is 0 Å². The number of nitrogens with zero attached hydrogens (tertiary/aromatic N) is 1. The summed E-state index contributed by atoms with van der Waals surface area (Å²) in [5, 5.41) is 0. The summed E-state index contributed by atoms with van der Waals surface area (Å²) in [6.07, 6.45) is 2.06. The van der Waals surface area contributed by atoms with E-state index >= 15 is 0 Å². The van der Waals surface area contributed by atoms with Crippen LogP contribution in [0.1, 0.15) is 13.8 Å². The van der Waals surface area contributed by atoms with Gasteiger partial charge in [-0.3, -0.25) is 0 Å². The third-order valence-electron chi connectivity index (χ3n) is 1.77. The fraction of sp³-hybridized carbons (Fsp3) is 0.875. The lowest BCUT2D eigenvalue weighted by Gasteiger charge is -2.06. The summed E-state index contributed by atoms with van der Waals surface area (Å²) in [6.45, 7) is 5.15. The van der Waals surface area contributed by atoms with Crippen LogP contribution in [0.2, 0.25) is 0 Å². The van der Waals surface area contributed by atoms with Crippen LogP contribution in [0.5, 0.6) is 0 Å². The molecule has 0 spiro atoms. The monoisotopic (exact) mass is 173 g/mol. The van der Waals surface area contributed by atoms with Crippen molar-refractivity contribution in [1.29, 1.82) is 0 Å². The maximum absolute atomic E-state index is 5.40. The van der Waals surface area contributed by atoms with E-state index in [1.165, 1.54) is 0 Å². The van der Waals surface area contributed by atoms with Gasteiger partial charge in [0.05, 0.1) is 11.8 Å². The topological polar surface area (TPSA) is 21.6 Å². The summed E-state index contributed by atoms with van der Waals surface area (Å²) in [7, 11) is 0. The van der Waals surface area contributed by atoms with Gasteiger partial charge in [0.15, 0.2) is 5.90 Å². The van der Waals surface area contributed by atoms with Crippen molar-refractivity contribution in [2.75, 3.05) is 18.6 Å². The van der Waals surface area contributed by atoms with Crippen molar-refractivity contribution in [2.45, 2.75) is 19.9 Å². The highest BCUT2D eigenvalue weighted by Gasteiger charge is 2.20. The molecule has 3 heteroatoms. The molecular formula is C8H15NOS. The zero-order valence-corrected chi connectivity index (χ0v) is 8.15. The van der Waals surface area contributed by atoms with E-state index in [1.54, 1.807) is 11.8 Å². The quantitative estimate of drug-likeness (QED) is 0.649. The zero-order chi connectivity index (χ0) is 8.27. The lowest BCUT2D eigenvalue weighted by atomic mass is 10.1. The van der Waals surface area contributed by atoms with Gasteiger partial charge in [-0.15, -0.1) is 0 Å². The number of aliphatic imine (C=N–C) groups is 1. The summed E-state index contributed by atoms with van der Waals surface area (Å²) >= 11 is 1.76. The van der Waals surface area contributed by atoms with Gasteiger partial charge >= 0.3 is 0 Å². The SMILES string of the molecule is CSCC1=NC(C(C)C)CO1. The van der Waals surface area contributed by atoms with Crippen LogP contribution < -0.4 is 0 Å². The second-order valence-electron chi connectivity index (χ2n) is 3.08. The van der Waals surface area contributed by atoms with Crippen LogP contribution in [0, 0.1) is 5.92 Å². The minimum Gasteiger partial charge on any atom is -0.478 e. The first-order valence-electron chi connectivity index (χ1n) is 3.92. The first-order chi connectivity index (χ1) is 5.24. The Bertz CT molecular complexity index is 156. The van der Waals surface area contributed by atoms with E-state index in [2.05, 4.69) is 25.1 Å². The molecule has 1 unspecified atom stereocenters. The Morgan fingerprint density at radius 1 is 1.73 bits per heavy atom. The molecule has 0 N–H and O–H groups in total. The van der Waals surface area contributed by atoms with Gasteiger partial charge in [0, 0.05) is 0 Å². The lowest BCUT2D eigenvalue weighted by Crippen LogP contribution is -2.13. The summed E-state index contributed by atoms with van der Waals surface area (Å²) in [5.74, 6) is 2.45. The van der Waals surface area contributed by atoms with Gasteiger partial charge in [-0.05, 0) is 12.2 Å². The van der Waals surface area contributed by atoms with Crippen molar-refractivity contribution >= 4 is 17.7 Å². The smallest absolute Gasteiger partial charge is 0.193 e. The van der Waals surface area contributed by atoms with Crippen molar-refractivity contribution in [2.24, 2.45) is 10.9 Å². The molecule has 1 heterocycles. The Balaban J connectivity index is 2.40. The van der Waals surface area contributed by atoms with Crippen LogP contribution >= 0.6 is 11.8 Å². The highest BCUT2D eigenvalue weighted by atomic mass is 32.2. The number of hydrogen-bond donors (Lipinski definition) is 0. The maximum atomic E-state index is 5.40. The molecule has 0 amide bonds. The van der Waals surface area contributed by atoms with Gasteiger partial charge in [0.2, 0.25) is 0 Å². The van der Waals surface area contributed by atoms with Crippen LogP contribution in [0.3, 0.4) is 0 Å². The molecule has 1 atom stereocenters.